The van der Waals surface area contributed by atoms with Crippen molar-refractivity contribution < 1.29 is 17.7 Å². The minimum absolute atomic E-state index is 0.00145. The van der Waals surface area contributed by atoms with Gasteiger partial charge >= 0.3 is 11.4 Å². The fourth-order valence-corrected chi connectivity index (χ4v) is 2.07. The maximum atomic E-state index is 10.7. The van der Waals surface area contributed by atoms with Crippen LogP contribution in [0.5, 0.6) is 5.75 Å². The molecule has 4 nitrogen and oxygen atoms in total. The van der Waals surface area contributed by atoms with E-state index in [4.69, 9.17) is 13.5 Å². The van der Waals surface area contributed by atoms with E-state index in [1.54, 1.807) is 0 Å². The van der Waals surface area contributed by atoms with Gasteiger partial charge in [0.2, 0.25) is 0 Å². The Bertz CT molecular complexity index is 571. The van der Waals surface area contributed by atoms with Crippen LogP contribution in [0.4, 0.5) is 0 Å². The van der Waals surface area contributed by atoms with Crippen molar-refractivity contribution in [3.05, 3.63) is 65.7 Å². The molecule has 0 aromatic heterocycles. The fourth-order valence-electron chi connectivity index (χ4n) is 1.83. The van der Waals surface area contributed by atoms with Gasteiger partial charge in [0.25, 0.3) is 0 Å². The molecule has 1 N–H and O–H groups in total. The highest BCUT2D eigenvalue weighted by atomic mass is 32.2. The Kier molecular flexibility index (Phi) is 5.29. The van der Waals surface area contributed by atoms with Crippen molar-refractivity contribution in [3.8, 4) is 5.75 Å². The van der Waals surface area contributed by atoms with Crippen LogP contribution in [0, 0.1) is 6.92 Å². The second-order valence-electron chi connectivity index (χ2n) is 4.28. The van der Waals surface area contributed by atoms with Crippen molar-refractivity contribution in [2.45, 2.75) is 13.0 Å². The van der Waals surface area contributed by atoms with E-state index in [-0.39, 0.29) is 6.61 Å². The maximum Gasteiger partial charge on any atom is 0.302 e. The van der Waals surface area contributed by atoms with E-state index in [2.05, 4.69) is 0 Å². The molecule has 0 radical (unpaired) electrons. The number of hydrogen-bond acceptors (Lipinski definition) is 3. The summed E-state index contributed by atoms with van der Waals surface area (Å²) in [7, 11) is 0. The molecule has 20 heavy (non-hydrogen) atoms. The van der Waals surface area contributed by atoms with Gasteiger partial charge in [0.15, 0.2) is 0 Å². The average Bonchev–Trinajstić information content (AvgIpc) is 2.46. The van der Waals surface area contributed by atoms with Crippen LogP contribution in [0.3, 0.4) is 0 Å². The number of hydrogen-bond donors (Lipinski definition) is 1. The zero-order valence-corrected chi connectivity index (χ0v) is 11.9. The molecule has 0 saturated carbocycles. The van der Waals surface area contributed by atoms with Crippen molar-refractivity contribution >= 4 is 11.4 Å². The SMILES string of the molecule is Cc1ccccc1OC(COS(=O)O)c1ccccc1. The van der Waals surface area contributed by atoms with Gasteiger partial charge < -0.3 is 4.74 Å². The van der Waals surface area contributed by atoms with Gasteiger partial charge in [-0.25, -0.2) is 0 Å². The largest absolute Gasteiger partial charge is 0.483 e. The predicted molar refractivity (Wildman–Crippen MR) is 77.7 cm³/mol. The highest BCUT2D eigenvalue weighted by Gasteiger charge is 2.16. The van der Waals surface area contributed by atoms with E-state index in [0.29, 0.717) is 0 Å². The average molecular weight is 292 g/mol. The summed E-state index contributed by atoms with van der Waals surface area (Å²) < 4.78 is 30.1. The summed E-state index contributed by atoms with van der Waals surface area (Å²) in [6.45, 7) is 1.95. The second-order valence-corrected chi connectivity index (χ2v) is 4.95. The molecule has 2 rings (SSSR count). The summed E-state index contributed by atoms with van der Waals surface area (Å²) in [4.78, 5) is 0. The first-order valence-corrected chi connectivity index (χ1v) is 7.21. The lowest BCUT2D eigenvalue weighted by atomic mass is 10.1. The van der Waals surface area contributed by atoms with Crippen molar-refractivity contribution in [2.24, 2.45) is 0 Å². The molecule has 0 aliphatic rings. The first kappa shape index (κ1) is 14.7. The first-order valence-electron chi connectivity index (χ1n) is 6.18. The monoisotopic (exact) mass is 292 g/mol. The molecule has 0 aliphatic heterocycles. The lowest BCUT2D eigenvalue weighted by Crippen LogP contribution is -2.16. The van der Waals surface area contributed by atoms with Gasteiger partial charge in [-0.3, -0.25) is 8.74 Å². The Morgan fingerprint density at radius 1 is 1.10 bits per heavy atom. The van der Waals surface area contributed by atoms with Crippen molar-refractivity contribution in [1.82, 2.24) is 0 Å². The number of para-hydroxylation sites is 1. The minimum atomic E-state index is -2.30. The molecule has 2 unspecified atom stereocenters. The number of rotatable bonds is 6. The van der Waals surface area contributed by atoms with Crippen LogP contribution in [0.25, 0.3) is 0 Å². The third-order valence-corrected chi connectivity index (χ3v) is 3.19. The van der Waals surface area contributed by atoms with Crippen LogP contribution in [0.1, 0.15) is 17.2 Å². The van der Waals surface area contributed by atoms with Crippen LogP contribution >= 0.6 is 0 Å². The van der Waals surface area contributed by atoms with Crippen molar-refractivity contribution in [3.63, 3.8) is 0 Å². The lowest BCUT2D eigenvalue weighted by molar-refractivity contribution is 0.131. The zero-order valence-electron chi connectivity index (χ0n) is 11.1. The first-order chi connectivity index (χ1) is 9.66. The highest BCUT2D eigenvalue weighted by Crippen LogP contribution is 2.25. The van der Waals surface area contributed by atoms with Gasteiger partial charge in [0.05, 0.1) is 0 Å². The van der Waals surface area contributed by atoms with E-state index >= 15 is 0 Å². The summed E-state index contributed by atoms with van der Waals surface area (Å²) in [6, 6.07) is 17.1. The molecule has 2 aromatic carbocycles. The molecule has 0 spiro atoms. The van der Waals surface area contributed by atoms with E-state index in [9.17, 15) is 4.21 Å². The second kappa shape index (κ2) is 7.19. The van der Waals surface area contributed by atoms with E-state index in [1.807, 2.05) is 61.5 Å². The zero-order chi connectivity index (χ0) is 14.4. The van der Waals surface area contributed by atoms with Gasteiger partial charge in [-0.15, -0.1) is 0 Å². The minimum Gasteiger partial charge on any atom is -0.483 e. The summed E-state index contributed by atoms with van der Waals surface area (Å²) in [5.41, 5.74) is 1.89. The molecule has 0 heterocycles. The molecule has 0 saturated heterocycles. The molecular formula is C15H16O4S. The smallest absolute Gasteiger partial charge is 0.302 e. The fraction of sp³-hybridized carbons (Fsp3) is 0.200. The van der Waals surface area contributed by atoms with E-state index in [1.165, 1.54) is 0 Å². The molecule has 106 valence electrons. The molecule has 0 amide bonds. The van der Waals surface area contributed by atoms with E-state index < -0.39 is 17.5 Å². The van der Waals surface area contributed by atoms with E-state index in [0.717, 1.165) is 16.9 Å². The molecule has 2 atom stereocenters. The molecule has 5 heteroatoms. The number of aryl methyl sites for hydroxylation is 1. The molecule has 2 aromatic rings. The van der Waals surface area contributed by atoms with Gasteiger partial charge in [-0.05, 0) is 24.1 Å². The van der Waals surface area contributed by atoms with Gasteiger partial charge in [-0.1, -0.05) is 48.5 Å². The molecule has 0 bridgehead atoms. The summed E-state index contributed by atoms with van der Waals surface area (Å²) in [5, 5.41) is 0. The van der Waals surface area contributed by atoms with Gasteiger partial charge in [0.1, 0.15) is 18.5 Å². The number of ether oxygens (including phenoxy) is 1. The summed E-state index contributed by atoms with van der Waals surface area (Å²) in [5.74, 6) is 0.730. The molecular weight excluding hydrogens is 276 g/mol. The van der Waals surface area contributed by atoms with Gasteiger partial charge in [-0.2, -0.15) is 4.21 Å². The Labute approximate surface area is 120 Å². The van der Waals surface area contributed by atoms with Crippen LogP contribution in [0.15, 0.2) is 54.6 Å². The van der Waals surface area contributed by atoms with Crippen LogP contribution in [0.2, 0.25) is 0 Å². The maximum absolute atomic E-state index is 10.7. The normalized spacial score (nSPS) is 13.7. The van der Waals surface area contributed by atoms with Crippen molar-refractivity contribution in [2.75, 3.05) is 6.61 Å². The van der Waals surface area contributed by atoms with Crippen LogP contribution in [-0.4, -0.2) is 15.4 Å². The summed E-state index contributed by atoms with van der Waals surface area (Å²) >= 11 is -2.30. The Morgan fingerprint density at radius 3 is 2.40 bits per heavy atom. The summed E-state index contributed by atoms with van der Waals surface area (Å²) in [6.07, 6.45) is -0.437. The quantitative estimate of drug-likeness (QED) is 0.830. The third-order valence-electron chi connectivity index (χ3n) is 2.85. The highest BCUT2D eigenvalue weighted by molar-refractivity contribution is 7.74. The Morgan fingerprint density at radius 2 is 1.75 bits per heavy atom. The predicted octanol–water partition coefficient (Wildman–Crippen LogP) is 3.27. The third kappa shape index (κ3) is 4.16. The molecule has 0 fully saturated rings. The number of benzene rings is 2. The topological polar surface area (TPSA) is 55.8 Å². The Balaban J connectivity index is 2.18. The standard InChI is InChI=1S/C15H16O4S/c1-12-7-5-6-10-14(12)19-15(11-18-20(16)17)13-8-3-2-4-9-13/h2-10,15H,11H2,1H3,(H,16,17). The van der Waals surface area contributed by atoms with Crippen LogP contribution in [-0.2, 0) is 15.5 Å². The Hall–Kier alpha value is -1.69. The van der Waals surface area contributed by atoms with Crippen molar-refractivity contribution in [1.29, 1.82) is 0 Å². The van der Waals surface area contributed by atoms with Gasteiger partial charge in [0, 0.05) is 0 Å². The molecule has 0 aliphatic carbocycles. The van der Waals surface area contributed by atoms with Crippen LogP contribution < -0.4 is 4.74 Å². The lowest BCUT2D eigenvalue weighted by Gasteiger charge is -2.19.